The largest absolute Gasteiger partial charge is 0.341 e. The first-order valence-electron chi connectivity index (χ1n) is 9.73. The van der Waals surface area contributed by atoms with E-state index in [0.29, 0.717) is 11.8 Å². The summed E-state index contributed by atoms with van der Waals surface area (Å²) in [5.74, 6) is 0.995. The van der Waals surface area contributed by atoms with E-state index in [1.807, 2.05) is 0 Å². The maximum absolute atomic E-state index is 6.24. The molecule has 1 heterocycles. The van der Waals surface area contributed by atoms with Crippen LogP contribution in [0.15, 0.2) is 54.6 Å². The van der Waals surface area contributed by atoms with Crippen LogP contribution in [0.5, 0.6) is 0 Å². The number of halogens is 2. The van der Waals surface area contributed by atoms with Crippen LogP contribution in [0.2, 0.25) is 0 Å². The van der Waals surface area contributed by atoms with Crippen molar-refractivity contribution < 1.29 is 4.99 Å². The zero-order valence-corrected chi connectivity index (χ0v) is 17.7. The fraction of sp³-hybridized carbons (Fsp3) is 0.435. The highest BCUT2D eigenvalue weighted by Gasteiger charge is 2.60. The summed E-state index contributed by atoms with van der Waals surface area (Å²) in [5.41, 5.74) is 3.77. The summed E-state index contributed by atoms with van der Waals surface area (Å²) < 4.78 is 0.239. The van der Waals surface area contributed by atoms with E-state index in [2.05, 4.69) is 85.3 Å². The summed E-state index contributed by atoms with van der Waals surface area (Å²) in [4.78, 5) is 5.93. The molecule has 0 radical (unpaired) electrons. The van der Waals surface area contributed by atoms with E-state index < -0.39 is 0 Å². The second-order valence-corrected chi connectivity index (χ2v) is 9.88. The van der Waals surface area contributed by atoms with E-state index in [0.717, 1.165) is 19.3 Å². The summed E-state index contributed by atoms with van der Waals surface area (Å²) in [6.07, 6.45) is 3.26. The van der Waals surface area contributed by atoms with Crippen molar-refractivity contribution in [2.45, 2.75) is 51.6 Å². The molecule has 4 rings (SSSR count). The predicted octanol–water partition coefficient (Wildman–Crippen LogP) is 5.38. The van der Waals surface area contributed by atoms with E-state index in [4.69, 9.17) is 23.2 Å². The topological polar surface area (TPSA) is 17.2 Å². The summed E-state index contributed by atoms with van der Waals surface area (Å²) >= 11 is 12.5. The van der Waals surface area contributed by atoms with Crippen molar-refractivity contribution in [1.82, 2.24) is 0 Å². The van der Waals surface area contributed by atoms with Crippen LogP contribution in [0.4, 0.5) is 11.4 Å². The van der Waals surface area contributed by atoms with Gasteiger partial charge in [0.25, 0.3) is 0 Å². The Hall–Kier alpha value is -1.51. The van der Waals surface area contributed by atoms with Gasteiger partial charge in [0.15, 0.2) is 0 Å². The van der Waals surface area contributed by atoms with Crippen molar-refractivity contribution >= 4 is 39.2 Å². The van der Waals surface area contributed by atoms with Crippen molar-refractivity contribution in [2.24, 2.45) is 11.3 Å². The molecule has 2 aromatic rings. The molecule has 0 amide bonds. The molecule has 0 spiro atoms. The van der Waals surface area contributed by atoms with Crippen molar-refractivity contribution in [2.75, 3.05) is 4.90 Å². The standard InChI is InChI=1S/C23H26Cl2N2/c1-22(2,3)16-13-14-23(26-21(24)25)19(15-16)18-11-7-8-12-20(18)27(23)17-9-5-4-6-10-17/h4-12,16,19H,13-15H2,1-3H3/p+1/t16?,19-,23-/m0/s1. The van der Waals surface area contributed by atoms with Crippen molar-refractivity contribution in [3.63, 3.8) is 0 Å². The lowest BCUT2D eigenvalue weighted by Crippen LogP contribution is -2.92. The van der Waals surface area contributed by atoms with Gasteiger partial charge in [-0.25, -0.2) is 0 Å². The Kier molecular flexibility index (Phi) is 4.76. The quantitative estimate of drug-likeness (QED) is 0.668. The van der Waals surface area contributed by atoms with Gasteiger partial charge in [0.05, 0.1) is 11.6 Å². The third-order valence-electron chi connectivity index (χ3n) is 6.47. The lowest BCUT2D eigenvalue weighted by atomic mass is 9.64. The van der Waals surface area contributed by atoms with Crippen molar-refractivity contribution in [3.8, 4) is 0 Å². The first-order chi connectivity index (χ1) is 12.8. The normalized spacial score (nSPS) is 27.1. The predicted molar refractivity (Wildman–Crippen MR) is 115 cm³/mol. The molecule has 2 nitrogen and oxygen atoms in total. The molecule has 142 valence electrons. The highest BCUT2D eigenvalue weighted by molar-refractivity contribution is 6.93. The molecule has 2 aromatic carbocycles. The highest BCUT2D eigenvalue weighted by atomic mass is 35.5. The summed E-state index contributed by atoms with van der Waals surface area (Å²) in [6, 6.07) is 19.3. The van der Waals surface area contributed by atoms with Gasteiger partial charge in [-0.3, -0.25) is 4.90 Å². The average Bonchev–Trinajstić information content (AvgIpc) is 2.90. The summed E-state index contributed by atoms with van der Waals surface area (Å²) in [6.45, 7) is 7.07. The Morgan fingerprint density at radius 3 is 2.37 bits per heavy atom. The van der Waals surface area contributed by atoms with Gasteiger partial charge in [-0.1, -0.05) is 57.2 Å². The molecule has 0 aromatic heterocycles. The summed E-state index contributed by atoms with van der Waals surface area (Å²) in [7, 11) is 0. The van der Waals surface area contributed by atoms with Crippen LogP contribution in [0.3, 0.4) is 0 Å². The number of para-hydroxylation sites is 2. The van der Waals surface area contributed by atoms with E-state index in [1.54, 1.807) is 0 Å². The van der Waals surface area contributed by atoms with Crippen LogP contribution in [0.1, 0.15) is 51.5 Å². The van der Waals surface area contributed by atoms with Gasteiger partial charge in [0.2, 0.25) is 5.66 Å². The van der Waals surface area contributed by atoms with Crippen LogP contribution >= 0.6 is 23.2 Å². The Balaban J connectivity index is 1.91. The minimum atomic E-state index is -0.328. The Morgan fingerprint density at radius 1 is 1.04 bits per heavy atom. The van der Waals surface area contributed by atoms with Crippen molar-refractivity contribution in [3.05, 3.63) is 60.2 Å². The Morgan fingerprint density at radius 2 is 1.70 bits per heavy atom. The van der Waals surface area contributed by atoms with Gasteiger partial charge >= 0.3 is 4.63 Å². The number of anilines is 2. The number of benzene rings is 2. The zero-order valence-electron chi connectivity index (χ0n) is 16.2. The number of rotatable bonds is 2. The van der Waals surface area contributed by atoms with Gasteiger partial charge in [0, 0.05) is 35.3 Å². The molecular weight excluding hydrogens is 375 g/mol. The molecule has 3 atom stereocenters. The lowest BCUT2D eigenvalue weighted by molar-refractivity contribution is -0.556. The number of nitrogens with one attached hydrogen (secondary N) is 1. The van der Waals surface area contributed by atoms with Crippen molar-refractivity contribution in [1.29, 1.82) is 0 Å². The van der Waals surface area contributed by atoms with Gasteiger partial charge in [-0.15, -0.1) is 0 Å². The molecule has 1 aliphatic carbocycles. The molecular formula is C23H27Cl2N2+. The first-order valence-corrected chi connectivity index (χ1v) is 10.5. The second-order valence-electron chi connectivity index (χ2n) is 8.93. The van der Waals surface area contributed by atoms with Gasteiger partial charge in [-0.05, 0) is 47.9 Å². The zero-order chi connectivity index (χ0) is 19.2. The minimum Gasteiger partial charge on any atom is -0.280 e. The fourth-order valence-electron chi connectivity index (χ4n) is 5.12. The maximum Gasteiger partial charge on any atom is 0.341 e. The van der Waals surface area contributed by atoms with E-state index in [1.165, 1.54) is 16.9 Å². The molecule has 1 saturated carbocycles. The maximum atomic E-state index is 6.24. The lowest BCUT2D eigenvalue weighted by Gasteiger charge is -2.44. The monoisotopic (exact) mass is 401 g/mol. The highest BCUT2D eigenvalue weighted by Crippen LogP contribution is 2.57. The van der Waals surface area contributed by atoms with E-state index >= 15 is 0 Å². The number of hydrogen-bond donors (Lipinski definition) is 1. The first kappa shape index (κ1) is 18.8. The van der Waals surface area contributed by atoms with Crippen LogP contribution in [0, 0.1) is 11.3 Å². The molecule has 0 saturated heterocycles. The van der Waals surface area contributed by atoms with Gasteiger partial charge < -0.3 is 0 Å². The average molecular weight is 402 g/mol. The number of hydrogen-bond acceptors (Lipinski definition) is 1. The van der Waals surface area contributed by atoms with Crippen LogP contribution in [0.25, 0.3) is 0 Å². The Bertz CT molecular complexity index is 852. The van der Waals surface area contributed by atoms with Crippen LogP contribution < -0.4 is 9.89 Å². The summed E-state index contributed by atoms with van der Waals surface area (Å²) in [5, 5.41) is 0. The molecule has 0 bridgehead atoms. The number of nitrogens with zero attached hydrogens (tertiary/aromatic N) is 1. The van der Waals surface area contributed by atoms with Crippen LogP contribution in [-0.4, -0.2) is 10.3 Å². The minimum absolute atomic E-state index is 0.239. The molecule has 1 unspecified atom stereocenters. The fourth-order valence-corrected chi connectivity index (χ4v) is 5.45. The SMILES string of the molecule is CC(C)(C)C1CC[C@@]2([NH+]=C(Cl)Cl)[C@@H](C1)c1ccccc1N2c1ccccc1. The molecule has 1 N–H and O–H groups in total. The molecule has 4 heteroatoms. The smallest absolute Gasteiger partial charge is 0.280 e. The Labute approximate surface area is 172 Å². The molecule has 27 heavy (non-hydrogen) atoms. The second kappa shape index (κ2) is 6.83. The molecule has 1 fully saturated rings. The third kappa shape index (κ3) is 3.17. The number of fused-ring (bicyclic) bond motifs is 3. The van der Waals surface area contributed by atoms with Gasteiger partial charge in [0.1, 0.15) is 0 Å². The molecule has 1 aliphatic heterocycles. The molecule has 2 aliphatic rings. The van der Waals surface area contributed by atoms with Crippen LogP contribution in [-0.2, 0) is 0 Å². The van der Waals surface area contributed by atoms with E-state index in [9.17, 15) is 0 Å². The van der Waals surface area contributed by atoms with Gasteiger partial charge in [-0.2, -0.15) is 4.99 Å². The van der Waals surface area contributed by atoms with E-state index in [-0.39, 0.29) is 15.7 Å². The third-order valence-corrected chi connectivity index (χ3v) is 6.66.